The van der Waals surface area contributed by atoms with E-state index in [1.165, 1.54) is 0 Å². The van der Waals surface area contributed by atoms with Crippen LogP contribution in [-0.4, -0.2) is 26.2 Å². The summed E-state index contributed by atoms with van der Waals surface area (Å²) in [7, 11) is 3.18. The van der Waals surface area contributed by atoms with E-state index in [9.17, 15) is 4.79 Å². The molecule has 134 valence electrons. The van der Waals surface area contributed by atoms with Crippen LogP contribution in [0.15, 0.2) is 42.5 Å². The first-order valence-corrected chi connectivity index (χ1v) is 8.20. The molecule has 5 nitrogen and oxygen atoms in total. The van der Waals surface area contributed by atoms with Gasteiger partial charge in [-0.1, -0.05) is 23.8 Å². The molecule has 0 unspecified atom stereocenters. The van der Waals surface area contributed by atoms with Crippen molar-refractivity contribution >= 4 is 5.91 Å². The maximum absolute atomic E-state index is 12.4. The first-order chi connectivity index (χ1) is 11.9. The molecule has 0 spiro atoms. The average Bonchev–Trinajstić information content (AvgIpc) is 2.62. The summed E-state index contributed by atoms with van der Waals surface area (Å²) < 4.78 is 16.2. The van der Waals surface area contributed by atoms with E-state index in [2.05, 4.69) is 5.32 Å². The molecule has 0 fully saturated rings. The van der Waals surface area contributed by atoms with Crippen LogP contribution in [0.25, 0.3) is 0 Å². The number of nitrogens with one attached hydrogen (secondary N) is 1. The third-order valence-electron chi connectivity index (χ3n) is 3.97. The minimum atomic E-state index is -0.592. The largest absolute Gasteiger partial charge is 0.493 e. The van der Waals surface area contributed by atoms with Crippen LogP contribution in [-0.2, 0) is 4.79 Å². The number of carbonyl (C=O) groups excluding carboxylic acids is 1. The molecule has 1 N–H and O–H groups in total. The van der Waals surface area contributed by atoms with Gasteiger partial charge in [0.25, 0.3) is 5.91 Å². The van der Waals surface area contributed by atoms with Crippen molar-refractivity contribution in [1.29, 1.82) is 0 Å². The van der Waals surface area contributed by atoms with E-state index in [0.29, 0.717) is 17.2 Å². The van der Waals surface area contributed by atoms with E-state index in [1.54, 1.807) is 21.1 Å². The van der Waals surface area contributed by atoms with Gasteiger partial charge in [0.2, 0.25) is 0 Å². The van der Waals surface area contributed by atoms with Gasteiger partial charge in [0.1, 0.15) is 5.75 Å². The lowest BCUT2D eigenvalue weighted by molar-refractivity contribution is -0.127. The third-order valence-corrected chi connectivity index (χ3v) is 3.97. The van der Waals surface area contributed by atoms with Gasteiger partial charge < -0.3 is 19.5 Å². The Morgan fingerprint density at radius 2 is 1.60 bits per heavy atom. The molecule has 0 saturated carbocycles. The van der Waals surface area contributed by atoms with Crippen molar-refractivity contribution in [2.24, 2.45) is 0 Å². The van der Waals surface area contributed by atoms with Crippen molar-refractivity contribution < 1.29 is 19.0 Å². The number of rotatable bonds is 7. The molecule has 2 rings (SSSR count). The average molecular weight is 343 g/mol. The van der Waals surface area contributed by atoms with Gasteiger partial charge in [0, 0.05) is 0 Å². The minimum Gasteiger partial charge on any atom is -0.493 e. The number of hydrogen-bond acceptors (Lipinski definition) is 4. The molecule has 0 radical (unpaired) electrons. The molecule has 2 aromatic carbocycles. The van der Waals surface area contributed by atoms with E-state index < -0.39 is 6.10 Å². The normalized spacial score (nSPS) is 12.8. The number of methoxy groups -OCH3 is 2. The molecule has 0 aliphatic rings. The highest BCUT2D eigenvalue weighted by atomic mass is 16.5. The Bertz CT molecular complexity index is 712. The Balaban J connectivity index is 2.00. The van der Waals surface area contributed by atoms with E-state index in [0.717, 1.165) is 11.1 Å². The lowest BCUT2D eigenvalue weighted by atomic mass is 10.1. The van der Waals surface area contributed by atoms with Gasteiger partial charge in [-0.2, -0.15) is 0 Å². The molecule has 0 bridgehead atoms. The zero-order chi connectivity index (χ0) is 18.4. The number of carbonyl (C=O) groups is 1. The maximum Gasteiger partial charge on any atom is 0.261 e. The van der Waals surface area contributed by atoms with Crippen LogP contribution < -0.4 is 19.5 Å². The molecular formula is C20H25NO4. The fraction of sp³-hybridized carbons (Fsp3) is 0.350. The van der Waals surface area contributed by atoms with E-state index >= 15 is 0 Å². The number of aryl methyl sites for hydroxylation is 1. The SMILES string of the molecule is COc1ccc([C@@H](C)NC(=O)[C@H](C)Oc2ccc(C)cc2)cc1OC. The van der Waals surface area contributed by atoms with Gasteiger partial charge in [-0.05, 0) is 50.6 Å². The first kappa shape index (κ1) is 18.6. The van der Waals surface area contributed by atoms with Gasteiger partial charge in [-0.3, -0.25) is 4.79 Å². The van der Waals surface area contributed by atoms with Crippen molar-refractivity contribution in [2.45, 2.75) is 32.9 Å². The first-order valence-electron chi connectivity index (χ1n) is 8.20. The van der Waals surface area contributed by atoms with Crippen LogP contribution >= 0.6 is 0 Å². The quantitative estimate of drug-likeness (QED) is 0.834. The summed E-state index contributed by atoms with van der Waals surface area (Å²) in [5.41, 5.74) is 2.07. The summed E-state index contributed by atoms with van der Waals surface area (Å²) in [5.74, 6) is 1.78. The molecule has 0 aliphatic heterocycles. The Labute approximate surface area is 148 Å². The zero-order valence-electron chi connectivity index (χ0n) is 15.3. The highest BCUT2D eigenvalue weighted by Crippen LogP contribution is 2.29. The molecule has 2 atom stereocenters. The third kappa shape index (κ3) is 4.89. The van der Waals surface area contributed by atoms with Gasteiger partial charge in [-0.25, -0.2) is 0 Å². The van der Waals surface area contributed by atoms with Gasteiger partial charge in [0.05, 0.1) is 20.3 Å². The number of ether oxygens (including phenoxy) is 3. The monoisotopic (exact) mass is 343 g/mol. The predicted molar refractivity (Wildman–Crippen MR) is 97.4 cm³/mol. The van der Waals surface area contributed by atoms with E-state index in [4.69, 9.17) is 14.2 Å². The van der Waals surface area contributed by atoms with Crippen molar-refractivity contribution in [2.75, 3.05) is 14.2 Å². The minimum absolute atomic E-state index is 0.178. The van der Waals surface area contributed by atoms with Crippen molar-refractivity contribution in [3.05, 3.63) is 53.6 Å². The highest BCUT2D eigenvalue weighted by Gasteiger charge is 2.18. The molecule has 25 heavy (non-hydrogen) atoms. The van der Waals surface area contributed by atoms with Gasteiger partial charge >= 0.3 is 0 Å². The lowest BCUT2D eigenvalue weighted by Gasteiger charge is -2.20. The standard InChI is InChI=1S/C20H25NO4/c1-13-6-9-17(10-7-13)25-15(3)20(22)21-14(2)16-8-11-18(23-4)19(12-16)24-5/h6-12,14-15H,1-5H3,(H,21,22)/t14-,15+/m1/s1. The van der Waals surface area contributed by atoms with Gasteiger partial charge in [-0.15, -0.1) is 0 Å². The fourth-order valence-corrected chi connectivity index (χ4v) is 2.41. The summed E-state index contributed by atoms with van der Waals surface area (Å²) in [4.78, 5) is 12.4. The predicted octanol–water partition coefficient (Wildman–Crippen LogP) is 3.66. The summed E-state index contributed by atoms with van der Waals surface area (Å²) in [6.45, 7) is 5.65. The lowest BCUT2D eigenvalue weighted by Crippen LogP contribution is -2.37. The molecule has 0 heterocycles. The molecule has 0 saturated heterocycles. The van der Waals surface area contributed by atoms with Crippen LogP contribution in [0.4, 0.5) is 0 Å². The van der Waals surface area contributed by atoms with Crippen LogP contribution in [0.5, 0.6) is 17.2 Å². The Kier molecular flexibility index (Phi) is 6.28. The van der Waals surface area contributed by atoms with Crippen LogP contribution in [0.3, 0.4) is 0 Å². The second kappa shape index (κ2) is 8.42. The molecule has 1 amide bonds. The summed E-state index contributed by atoms with van der Waals surface area (Å²) >= 11 is 0. The summed E-state index contributed by atoms with van der Waals surface area (Å²) in [6, 6.07) is 13.0. The number of hydrogen-bond donors (Lipinski definition) is 1. The van der Waals surface area contributed by atoms with Crippen molar-refractivity contribution in [3.63, 3.8) is 0 Å². The number of benzene rings is 2. The van der Waals surface area contributed by atoms with Crippen LogP contribution in [0.1, 0.15) is 31.0 Å². The molecular weight excluding hydrogens is 318 g/mol. The molecule has 0 aromatic heterocycles. The maximum atomic E-state index is 12.4. The van der Waals surface area contributed by atoms with Crippen molar-refractivity contribution in [3.8, 4) is 17.2 Å². The van der Waals surface area contributed by atoms with E-state index in [-0.39, 0.29) is 11.9 Å². The van der Waals surface area contributed by atoms with E-state index in [1.807, 2.05) is 56.3 Å². The molecule has 0 aliphatic carbocycles. The smallest absolute Gasteiger partial charge is 0.261 e. The van der Waals surface area contributed by atoms with Crippen LogP contribution in [0, 0.1) is 6.92 Å². The number of amides is 1. The second-order valence-electron chi connectivity index (χ2n) is 5.92. The summed E-state index contributed by atoms with van der Waals surface area (Å²) in [5, 5.41) is 2.96. The zero-order valence-corrected chi connectivity index (χ0v) is 15.3. The van der Waals surface area contributed by atoms with Gasteiger partial charge in [0.15, 0.2) is 17.6 Å². The topological polar surface area (TPSA) is 56.8 Å². The Morgan fingerprint density at radius 1 is 0.960 bits per heavy atom. The van der Waals surface area contributed by atoms with Crippen LogP contribution in [0.2, 0.25) is 0 Å². The Hall–Kier alpha value is -2.69. The fourth-order valence-electron chi connectivity index (χ4n) is 2.41. The Morgan fingerprint density at radius 3 is 2.20 bits per heavy atom. The highest BCUT2D eigenvalue weighted by molar-refractivity contribution is 5.81. The van der Waals surface area contributed by atoms with Crippen molar-refractivity contribution in [1.82, 2.24) is 5.32 Å². The second-order valence-corrected chi connectivity index (χ2v) is 5.92. The summed E-state index contributed by atoms with van der Waals surface area (Å²) in [6.07, 6.45) is -0.592. The molecule has 2 aromatic rings. The molecule has 5 heteroatoms.